The van der Waals surface area contributed by atoms with Crippen LogP contribution in [0.25, 0.3) is 11.0 Å². The van der Waals surface area contributed by atoms with Crippen molar-refractivity contribution in [1.82, 2.24) is 0 Å². The highest BCUT2D eigenvalue weighted by Gasteiger charge is 2.12. The lowest BCUT2D eigenvalue weighted by molar-refractivity contribution is 0.304. The molecular weight excluding hydrogens is 336 g/mol. The van der Waals surface area contributed by atoms with Crippen molar-refractivity contribution < 1.29 is 9.15 Å². The monoisotopic (exact) mass is 356 g/mol. The van der Waals surface area contributed by atoms with Crippen molar-refractivity contribution in [2.75, 3.05) is 0 Å². The van der Waals surface area contributed by atoms with Gasteiger partial charge < -0.3 is 9.15 Å². The van der Waals surface area contributed by atoms with E-state index in [0.29, 0.717) is 23.0 Å². The second-order valence-electron chi connectivity index (χ2n) is 6.14. The number of rotatable bonds is 6. The van der Waals surface area contributed by atoms with Crippen LogP contribution in [-0.2, 0) is 13.0 Å². The first-order valence-corrected chi connectivity index (χ1v) is 8.90. The van der Waals surface area contributed by atoms with Gasteiger partial charge in [-0.25, -0.2) is 4.79 Å². The van der Waals surface area contributed by atoms with Gasteiger partial charge in [0.1, 0.15) is 17.9 Å². The normalized spacial score (nSPS) is 11.0. The minimum absolute atomic E-state index is 0.315. The van der Waals surface area contributed by atoms with Crippen LogP contribution in [0.15, 0.2) is 51.7 Å². The molecule has 25 heavy (non-hydrogen) atoms. The van der Waals surface area contributed by atoms with Gasteiger partial charge in [0, 0.05) is 27.6 Å². The van der Waals surface area contributed by atoms with Gasteiger partial charge in [-0.05, 0) is 43.5 Å². The third-order valence-electron chi connectivity index (χ3n) is 4.34. The van der Waals surface area contributed by atoms with Crippen LogP contribution in [-0.4, -0.2) is 0 Å². The van der Waals surface area contributed by atoms with E-state index < -0.39 is 0 Å². The van der Waals surface area contributed by atoms with Crippen molar-refractivity contribution in [2.24, 2.45) is 0 Å². The van der Waals surface area contributed by atoms with Crippen LogP contribution in [0.2, 0.25) is 5.02 Å². The summed E-state index contributed by atoms with van der Waals surface area (Å²) < 4.78 is 11.4. The zero-order valence-electron chi connectivity index (χ0n) is 14.5. The second kappa shape index (κ2) is 7.75. The molecule has 3 rings (SSSR count). The van der Waals surface area contributed by atoms with Gasteiger partial charge in [-0.15, -0.1) is 0 Å². The highest BCUT2D eigenvalue weighted by atomic mass is 35.5. The molecule has 1 aromatic heterocycles. The Balaban J connectivity index is 1.94. The Hall–Kier alpha value is -2.26. The molecular formula is C21H21ClO3. The summed E-state index contributed by atoms with van der Waals surface area (Å²) in [7, 11) is 0. The van der Waals surface area contributed by atoms with Crippen molar-refractivity contribution in [3.05, 3.63) is 74.6 Å². The summed E-state index contributed by atoms with van der Waals surface area (Å²) in [4.78, 5) is 11.9. The molecule has 0 radical (unpaired) electrons. The molecule has 0 amide bonds. The Labute approximate surface area is 152 Å². The number of unbranched alkanes of at least 4 members (excludes halogenated alkanes) is 1. The molecule has 3 nitrogen and oxygen atoms in total. The molecule has 130 valence electrons. The van der Waals surface area contributed by atoms with E-state index in [4.69, 9.17) is 20.8 Å². The van der Waals surface area contributed by atoms with Crippen LogP contribution >= 0.6 is 11.6 Å². The summed E-state index contributed by atoms with van der Waals surface area (Å²) in [6, 6.07) is 13.1. The van der Waals surface area contributed by atoms with Gasteiger partial charge in [0.2, 0.25) is 0 Å². The standard InChI is InChI=1S/C21H21ClO3/c1-3-4-7-15-12-20(23)25-21-14(2)19(11-10-17(15)21)24-13-16-8-5-6-9-18(16)22/h5-6,8-12H,3-4,7,13H2,1-2H3. The minimum atomic E-state index is -0.315. The fraction of sp³-hybridized carbons (Fsp3) is 0.286. The quantitative estimate of drug-likeness (QED) is 0.533. The van der Waals surface area contributed by atoms with Gasteiger partial charge in [0.05, 0.1) is 0 Å². The highest BCUT2D eigenvalue weighted by Crippen LogP contribution is 2.30. The molecule has 0 unspecified atom stereocenters. The van der Waals surface area contributed by atoms with Gasteiger partial charge in [-0.1, -0.05) is 43.1 Å². The van der Waals surface area contributed by atoms with Crippen LogP contribution in [0.5, 0.6) is 5.75 Å². The van der Waals surface area contributed by atoms with E-state index in [2.05, 4.69) is 6.92 Å². The lowest BCUT2D eigenvalue weighted by Crippen LogP contribution is -2.03. The average molecular weight is 357 g/mol. The summed E-state index contributed by atoms with van der Waals surface area (Å²) >= 11 is 6.18. The Morgan fingerprint density at radius 3 is 2.68 bits per heavy atom. The van der Waals surface area contributed by atoms with E-state index in [-0.39, 0.29) is 5.63 Å². The lowest BCUT2D eigenvalue weighted by Gasteiger charge is -2.13. The smallest absolute Gasteiger partial charge is 0.336 e. The Morgan fingerprint density at radius 1 is 1.12 bits per heavy atom. The molecule has 0 bridgehead atoms. The molecule has 0 spiro atoms. The summed E-state index contributed by atoms with van der Waals surface area (Å²) in [6.07, 6.45) is 3.00. The zero-order valence-corrected chi connectivity index (χ0v) is 15.2. The Kier molecular flexibility index (Phi) is 5.44. The maximum absolute atomic E-state index is 11.9. The molecule has 0 fully saturated rings. The number of benzene rings is 2. The van der Waals surface area contributed by atoms with Crippen LogP contribution in [0.1, 0.15) is 36.5 Å². The van der Waals surface area contributed by atoms with E-state index in [9.17, 15) is 4.79 Å². The summed E-state index contributed by atoms with van der Waals surface area (Å²) in [5.41, 5.74) is 3.08. The summed E-state index contributed by atoms with van der Waals surface area (Å²) in [5.74, 6) is 0.697. The van der Waals surface area contributed by atoms with Crippen LogP contribution in [0.4, 0.5) is 0 Å². The lowest BCUT2D eigenvalue weighted by atomic mass is 10.0. The molecule has 0 saturated carbocycles. The molecule has 0 N–H and O–H groups in total. The van der Waals surface area contributed by atoms with E-state index in [1.54, 1.807) is 6.07 Å². The molecule has 0 aliphatic carbocycles. The zero-order chi connectivity index (χ0) is 17.8. The molecule has 0 aliphatic heterocycles. The molecule has 4 heteroatoms. The number of ether oxygens (including phenoxy) is 1. The van der Waals surface area contributed by atoms with Crippen LogP contribution < -0.4 is 10.4 Å². The van der Waals surface area contributed by atoms with Gasteiger partial charge in [-0.2, -0.15) is 0 Å². The summed E-state index contributed by atoms with van der Waals surface area (Å²) in [5, 5.41) is 1.66. The van der Waals surface area contributed by atoms with E-state index in [1.165, 1.54) is 0 Å². The fourth-order valence-electron chi connectivity index (χ4n) is 2.91. The number of hydrogen-bond acceptors (Lipinski definition) is 3. The van der Waals surface area contributed by atoms with Crippen molar-refractivity contribution in [3.63, 3.8) is 0 Å². The van der Waals surface area contributed by atoms with Crippen molar-refractivity contribution in [2.45, 2.75) is 39.7 Å². The first kappa shape index (κ1) is 17.6. The number of aryl methyl sites for hydroxylation is 2. The maximum atomic E-state index is 11.9. The fourth-order valence-corrected chi connectivity index (χ4v) is 3.10. The molecule has 0 saturated heterocycles. The first-order valence-electron chi connectivity index (χ1n) is 8.52. The molecule has 1 heterocycles. The SMILES string of the molecule is CCCCc1cc(=O)oc2c(C)c(OCc3ccccc3Cl)ccc12. The molecule has 2 aromatic carbocycles. The topological polar surface area (TPSA) is 39.4 Å². The Bertz CT molecular complexity index is 944. The van der Waals surface area contributed by atoms with Gasteiger partial charge in [-0.3, -0.25) is 0 Å². The average Bonchev–Trinajstić information content (AvgIpc) is 2.61. The van der Waals surface area contributed by atoms with Gasteiger partial charge in [0.25, 0.3) is 0 Å². The largest absolute Gasteiger partial charge is 0.488 e. The van der Waals surface area contributed by atoms with Crippen LogP contribution in [0.3, 0.4) is 0 Å². The maximum Gasteiger partial charge on any atom is 0.336 e. The predicted octanol–water partition coefficient (Wildman–Crippen LogP) is 5.68. The Morgan fingerprint density at radius 2 is 1.92 bits per heavy atom. The van der Waals surface area contributed by atoms with E-state index in [0.717, 1.165) is 41.3 Å². The van der Waals surface area contributed by atoms with E-state index in [1.807, 2.05) is 43.3 Å². The molecule has 0 atom stereocenters. The number of fused-ring (bicyclic) bond motifs is 1. The molecule has 3 aromatic rings. The van der Waals surface area contributed by atoms with Gasteiger partial charge in [0.15, 0.2) is 0 Å². The first-order chi connectivity index (χ1) is 12.1. The minimum Gasteiger partial charge on any atom is -0.488 e. The summed E-state index contributed by atoms with van der Waals surface area (Å²) in [6.45, 7) is 4.42. The van der Waals surface area contributed by atoms with E-state index >= 15 is 0 Å². The second-order valence-corrected chi connectivity index (χ2v) is 6.55. The van der Waals surface area contributed by atoms with Crippen molar-refractivity contribution in [1.29, 1.82) is 0 Å². The van der Waals surface area contributed by atoms with Gasteiger partial charge >= 0.3 is 5.63 Å². The molecule has 0 aliphatic rings. The third-order valence-corrected chi connectivity index (χ3v) is 4.71. The van der Waals surface area contributed by atoms with Crippen LogP contribution in [0, 0.1) is 6.92 Å². The van der Waals surface area contributed by atoms with Crippen molar-refractivity contribution >= 4 is 22.6 Å². The number of halogens is 1. The third kappa shape index (κ3) is 3.88. The van der Waals surface area contributed by atoms with Crippen molar-refractivity contribution in [3.8, 4) is 5.75 Å². The predicted molar refractivity (Wildman–Crippen MR) is 102 cm³/mol. The number of hydrogen-bond donors (Lipinski definition) is 0. The highest BCUT2D eigenvalue weighted by molar-refractivity contribution is 6.31.